The molecule has 0 aliphatic carbocycles. The van der Waals surface area contributed by atoms with E-state index in [1.165, 1.54) is 0 Å². The Balaban J connectivity index is 1.94. The van der Waals surface area contributed by atoms with E-state index in [9.17, 15) is 4.79 Å². The third-order valence-electron chi connectivity index (χ3n) is 4.74. The topological polar surface area (TPSA) is 66.0 Å². The first-order valence-corrected chi connectivity index (χ1v) is 8.22. The second-order valence-corrected chi connectivity index (χ2v) is 6.13. The van der Waals surface area contributed by atoms with Crippen LogP contribution in [-0.4, -0.2) is 33.9 Å². The number of carbonyl (C=O) groups is 1. The molecule has 0 saturated carbocycles. The average molecular weight is 353 g/mol. The number of carbonyl (C=O) groups excluding carboxylic acids is 1. The predicted molar refractivity (Wildman–Crippen MR) is 96.0 cm³/mol. The average Bonchev–Trinajstić information content (AvgIpc) is 3.05. The van der Waals surface area contributed by atoms with Gasteiger partial charge in [-0.2, -0.15) is 0 Å². The highest BCUT2D eigenvalue weighted by Crippen LogP contribution is 2.46. The fourth-order valence-corrected chi connectivity index (χ4v) is 3.49. The summed E-state index contributed by atoms with van der Waals surface area (Å²) in [6.45, 7) is 0.247. The van der Waals surface area contributed by atoms with Crippen molar-refractivity contribution in [3.63, 3.8) is 0 Å². The summed E-state index contributed by atoms with van der Waals surface area (Å²) in [5, 5.41) is 3.31. The van der Waals surface area contributed by atoms with E-state index in [-0.39, 0.29) is 18.5 Å². The highest BCUT2D eigenvalue weighted by Gasteiger charge is 2.38. The summed E-state index contributed by atoms with van der Waals surface area (Å²) in [4.78, 5) is 12.5. The second kappa shape index (κ2) is 6.29. The van der Waals surface area contributed by atoms with Gasteiger partial charge in [-0.25, -0.2) is 4.79 Å². The molecule has 2 aliphatic heterocycles. The minimum Gasteiger partial charge on any atom is -0.497 e. The minimum atomic E-state index is -0.312. The van der Waals surface area contributed by atoms with Crippen molar-refractivity contribution >= 4 is 11.7 Å². The Labute approximate surface area is 151 Å². The van der Waals surface area contributed by atoms with Gasteiger partial charge >= 0.3 is 5.97 Å². The molecule has 6 nitrogen and oxygen atoms in total. The number of ether oxygens (including phenoxy) is 4. The van der Waals surface area contributed by atoms with Gasteiger partial charge in [0.15, 0.2) is 0 Å². The number of fused-ring (bicyclic) bond motifs is 1. The molecule has 0 radical (unpaired) electrons. The molecule has 0 amide bonds. The lowest BCUT2D eigenvalue weighted by molar-refractivity contribution is -0.136. The fourth-order valence-electron chi connectivity index (χ4n) is 3.49. The minimum absolute atomic E-state index is 0.247. The van der Waals surface area contributed by atoms with Crippen molar-refractivity contribution in [2.45, 2.75) is 5.92 Å². The van der Waals surface area contributed by atoms with Crippen LogP contribution in [0.1, 0.15) is 17.0 Å². The van der Waals surface area contributed by atoms with Crippen LogP contribution in [0, 0.1) is 0 Å². The number of benzene rings is 2. The standard InChI is InChI=1S/C20H19NO5/c1-23-12-4-5-16-15(9-12)18(19-17(21-16)10-26-20(19)22)11-6-13(24-2)8-14(7-11)25-3/h4-9,18,21H,10H2,1-3H3. The zero-order chi connectivity index (χ0) is 18.3. The summed E-state index contributed by atoms with van der Waals surface area (Å²) >= 11 is 0. The Morgan fingerprint density at radius 1 is 0.962 bits per heavy atom. The van der Waals surface area contributed by atoms with Gasteiger partial charge < -0.3 is 24.3 Å². The number of methoxy groups -OCH3 is 3. The summed E-state index contributed by atoms with van der Waals surface area (Å²) < 4.78 is 21.5. The molecule has 1 unspecified atom stereocenters. The Kier molecular flexibility index (Phi) is 3.95. The summed E-state index contributed by atoms with van der Waals surface area (Å²) in [6, 6.07) is 11.4. The van der Waals surface area contributed by atoms with E-state index in [1.807, 2.05) is 30.3 Å². The molecular weight excluding hydrogens is 334 g/mol. The van der Waals surface area contributed by atoms with Gasteiger partial charge in [-0.15, -0.1) is 0 Å². The molecule has 2 aliphatic rings. The maximum Gasteiger partial charge on any atom is 0.337 e. The van der Waals surface area contributed by atoms with E-state index in [0.717, 1.165) is 28.3 Å². The maximum absolute atomic E-state index is 12.5. The van der Waals surface area contributed by atoms with Crippen LogP contribution < -0.4 is 19.5 Å². The number of nitrogens with one attached hydrogen (secondary N) is 1. The highest BCUT2D eigenvalue weighted by molar-refractivity contribution is 5.97. The lowest BCUT2D eigenvalue weighted by Crippen LogP contribution is -2.20. The van der Waals surface area contributed by atoms with Crippen LogP contribution in [0.4, 0.5) is 5.69 Å². The third-order valence-corrected chi connectivity index (χ3v) is 4.74. The number of hydrogen-bond acceptors (Lipinski definition) is 6. The van der Waals surface area contributed by atoms with Gasteiger partial charge in [0.1, 0.15) is 23.9 Å². The Morgan fingerprint density at radius 2 is 1.65 bits per heavy atom. The summed E-state index contributed by atoms with van der Waals surface area (Å²) in [5.41, 5.74) is 4.16. The molecule has 1 atom stereocenters. The van der Waals surface area contributed by atoms with Crippen LogP contribution in [0.15, 0.2) is 47.7 Å². The van der Waals surface area contributed by atoms with Gasteiger partial charge in [-0.05, 0) is 41.5 Å². The zero-order valence-corrected chi connectivity index (χ0v) is 14.8. The van der Waals surface area contributed by atoms with Gasteiger partial charge in [0, 0.05) is 17.7 Å². The molecule has 2 aromatic rings. The highest BCUT2D eigenvalue weighted by atomic mass is 16.5. The van der Waals surface area contributed by atoms with Crippen LogP contribution in [0.5, 0.6) is 17.2 Å². The van der Waals surface area contributed by atoms with Crippen LogP contribution in [-0.2, 0) is 9.53 Å². The van der Waals surface area contributed by atoms with Gasteiger partial charge in [0.05, 0.1) is 32.6 Å². The van der Waals surface area contributed by atoms with Gasteiger partial charge in [0.25, 0.3) is 0 Å². The van der Waals surface area contributed by atoms with Crippen molar-refractivity contribution in [2.24, 2.45) is 0 Å². The first-order valence-electron chi connectivity index (χ1n) is 8.22. The molecule has 2 heterocycles. The maximum atomic E-state index is 12.5. The molecule has 0 bridgehead atoms. The monoisotopic (exact) mass is 353 g/mol. The van der Waals surface area contributed by atoms with E-state index >= 15 is 0 Å². The fraction of sp³-hybridized carbons (Fsp3) is 0.250. The predicted octanol–water partition coefficient (Wildman–Crippen LogP) is 3.08. The smallest absolute Gasteiger partial charge is 0.337 e. The first kappa shape index (κ1) is 16.3. The summed E-state index contributed by atoms with van der Waals surface area (Å²) in [5.74, 6) is 1.44. The molecule has 26 heavy (non-hydrogen) atoms. The molecule has 0 aromatic heterocycles. The van der Waals surface area contributed by atoms with E-state index < -0.39 is 0 Å². The SMILES string of the molecule is COc1cc(OC)cc(C2C3=C(COC3=O)Nc3ccc(OC)cc32)c1. The largest absolute Gasteiger partial charge is 0.497 e. The van der Waals surface area contributed by atoms with Gasteiger partial charge in [0.2, 0.25) is 0 Å². The molecule has 6 heteroatoms. The third kappa shape index (κ3) is 2.54. The molecule has 4 rings (SSSR count). The normalized spacial score (nSPS) is 17.8. The van der Waals surface area contributed by atoms with Crippen LogP contribution in [0.3, 0.4) is 0 Å². The van der Waals surface area contributed by atoms with Crippen LogP contribution in [0.2, 0.25) is 0 Å². The molecule has 134 valence electrons. The molecule has 0 fully saturated rings. The molecule has 0 saturated heterocycles. The van der Waals surface area contributed by atoms with Crippen molar-refractivity contribution in [3.8, 4) is 17.2 Å². The van der Waals surface area contributed by atoms with Crippen LogP contribution in [0.25, 0.3) is 0 Å². The van der Waals surface area contributed by atoms with Crippen molar-refractivity contribution in [1.82, 2.24) is 0 Å². The quantitative estimate of drug-likeness (QED) is 0.852. The van der Waals surface area contributed by atoms with Crippen molar-refractivity contribution < 1.29 is 23.7 Å². The van der Waals surface area contributed by atoms with Crippen molar-refractivity contribution in [1.29, 1.82) is 0 Å². The van der Waals surface area contributed by atoms with E-state index in [2.05, 4.69) is 5.32 Å². The molecular formula is C20H19NO5. The molecule has 2 aromatic carbocycles. The van der Waals surface area contributed by atoms with E-state index in [4.69, 9.17) is 18.9 Å². The van der Waals surface area contributed by atoms with E-state index in [0.29, 0.717) is 17.1 Å². The summed E-state index contributed by atoms with van der Waals surface area (Å²) in [7, 11) is 4.83. The lowest BCUT2D eigenvalue weighted by atomic mass is 9.81. The van der Waals surface area contributed by atoms with Crippen molar-refractivity contribution in [3.05, 3.63) is 58.8 Å². The summed E-state index contributed by atoms with van der Waals surface area (Å²) in [6.07, 6.45) is 0. The number of rotatable bonds is 4. The van der Waals surface area contributed by atoms with Crippen molar-refractivity contribution in [2.75, 3.05) is 33.3 Å². The molecule has 1 N–H and O–H groups in total. The Morgan fingerprint density at radius 3 is 2.31 bits per heavy atom. The molecule has 0 spiro atoms. The number of cyclic esters (lactones) is 1. The van der Waals surface area contributed by atoms with E-state index in [1.54, 1.807) is 27.4 Å². The number of anilines is 1. The van der Waals surface area contributed by atoms with Crippen LogP contribution >= 0.6 is 0 Å². The Hall–Kier alpha value is -3.15. The lowest BCUT2D eigenvalue weighted by Gasteiger charge is -2.28. The second-order valence-electron chi connectivity index (χ2n) is 6.13. The zero-order valence-electron chi connectivity index (χ0n) is 14.8. The first-order chi connectivity index (χ1) is 12.6. The number of esters is 1. The number of hydrogen-bond donors (Lipinski definition) is 1. The van der Waals surface area contributed by atoms with Gasteiger partial charge in [-0.3, -0.25) is 0 Å². The van der Waals surface area contributed by atoms with Gasteiger partial charge in [-0.1, -0.05) is 0 Å². The Bertz CT molecular complexity index is 896.